The number of benzene rings is 1. The van der Waals surface area contributed by atoms with Crippen LogP contribution in [0.3, 0.4) is 0 Å². The monoisotopic (exact) mass is 277 g/mol. The largest absolute Gasteiger partial charge is 0.299 e. The molecular weight excluding hydrogens is 250 g/mol. The molecule has 1 aromatic rings. The standard InChI is InChI=1S/C17H27NS/c1-5-11-15(4)17(7-3,18-14-6-2)19-16-12-9-8-10-13-16/h6,8-10,12-13,15,18H,2,5,7,11,14H2,1,3-4H3/t15-,17?/m1/s1. The molecule has 0 radical (unpaired) electrons. The van der Waals surface area contributed by atoms with Gasteiger partial charge in [0, 0.05) is 11.4 Å². The van der Waals surface area contributed by atoms with Crippen molar-refractivity contribution in [3.05, 3.63) is 43.0 Å². The van der Waals surface area contributed by atoms with E-state index in [-0.39, 0.29) is 4.87 Å². The lowest BCUT2D eigenvalue weighted by atomic mass is 9.94. The quantitative estimate of drug-likeness (QED) is 0.383. The van der Waals surface area contributed by atoms with E-state index in [0.717, 1.165) is 13.0 Å². The molecule has 0 heterocycles. The predicted molar refractivity (Wildman–Crippen MR) is 87.6 cm³/mol. The van der Waals surface area contributed by atoms with E-state index >= 15 is 0 Å². The summed E-state index contributed by atoms with van der Waals surface area (Å²) in [7, 11) is 0. The van der Waals surface area contributed by atoms with Crippen molar-refractivity contribution in [2.75, 3.05) is 6.54 Å². The third kappa shape index (κ3) is 4.70. The molecule has 0 saturated carbocycles. The van der Waals surface area contributed by atoms with Crippen LogP contribution in [0, 0.1) is 5.92 Å². The van der Waals surface area contributed by atoms with Crippen LogP contribution in [0.2, 0.25) is 0 Å². The highest BCUT2D eigenvalue weighted by Gasteiger charge is 2.34. The first kappa shape index (κ1) is 16.3. The zero-order valence-corrected chi connectivity index (χ0v) is 13.3. The van der Waals surface area contributed by atoms with Gasteiger partial charge in [-0.05, 0) is 30.9 Å². The molecule has 1 N–H and O–H groups in total. The molecule has 1 rings (SSSR count). The summed E-state index contributed by atoms with van der Waals surface area (Å²) in [6.45, 7) is 11.6. The van der Waals surface area contributed by atoms with Crippen LogP contribution in [-0.4, -0.2) is 11.4 Å². The fraction of sp³-hybridized carbons (Fsp3) is 0.529. The normalized spacial score (nSPS) is 15.7. The van der Waals surface area contributed by atoms with E-state index in [1.807, 2.05) is 17.8 Å². The van der Waals surface area contributed by atoms with Crippen LogP contribution in [0.5, 0.6) is 0 Å². The highest BCUT2D eigenvalue weighted by Crippen LogP contribution is 2.40. The van der Waals surface area contributed by atoms with Crippen molar-refractivity contribution in [1.82, 2.24) is 5.32 Å². The summed E-state index contributed by atoms with van der Waals surface area (Å²) >= 11 is 1.97. The van der Waals surface area contributed by atoms with Crippen LogP contribution < -0.4 is 5.32 Å². The van der Waals surface area contributed by atoms with Crippen molar-refractivity contribution in [3.8, 4) is 0 Å². The van der Waals surface area contributed by atoms with Crippen molar-refractivity contribution in [1.29, 1.82) is 0 Å². The van der Waals surface area contributed by atoms with Gasteiger partial charge in [-0.1, -0.05) is 51.5 Å². The summed E-state index contributed by atoms with van der Waals surface area (Å²) in [5, 5.41) is 3.71. The Morgan fingerprint density at radius 3 is 2.53 bits per heavy atom. The number of hydrogen-bond acceptors (Lipinski definition) is 2. The Morgan fingerprint density at radius 2 is 2.00 bits per heavy atom. The average Bonchev–Trinajstić information content (AvgIpc) is 2.45. The summed E-state index contributed by atoms with van der Waals surface area (Å²) in [5.41, 5.74) is 0. The second-order valence-electron chi connectivity index (χ2n) is 5.02. The maximum absolute atomic E-state index is 3.84. The Labute approximate surface area is 122 Å². The number of nitrogens with one attached hydrogen (secondary N) is 1. The second-order valence-corrected chi connectivity index (χ2v) is 6.42. The average molecular weight is 277 g/mol. The molecule has 0 aliphatic rings. The van der Waals surface area contributed by atoms with Gasteiger partial charge < -0.3 is 0 Å². The van der Waals surface area contributed by atoms with E-state index in [1.54, 1.807) is 0 Å². The maximum Gasteiger partial charge on any atom is 0.0717 e. The highest BCUT2D eigenvalue weighted by molar-refractivity contribution is 8.00. The first-order valence-electron chi connectivity index (χ1n) is 7.28. The lowest BCUT2D eigenvalue weighted by Crippen LogP contribution is -2.47. The maximum atomic E-state index is 3.84. The first-order chi connectivity index (χ1) is 9.18. The van der Waals surface area contributed by atoms with E-state index in [9.17, 15) is 0 Å². The van der Waals surface area contributed by atoms with Gasteiger partial charge in [-0.3, -0.25) is 5.32 Å². The first-order valence-corrected chi connectivity index (χ1v) is 8.10. The zero-order chi connectivity index (χ0) is 14.1. The van der Waals surface area contributed by atoms with Crippen molar-refractivity contribution in [3.63, 3.8) is 0 Å². The van der Waals surface area contributed by atoms with Gasteiger partial charge in [-0.25, -0.2) is 0 Å². The molecule has 0 aliphatic heterocycles. The molecule has 1 nitrogen and oxygen atoms in total. The Balaban J connectivity index is 2.91. The predicted octanol–water partition coefficient (Wildman–Crippen LogP) is 5.10. The minimum atomic E-state index is 0.103. The SMILES string of the molecule is C=CCNC(CC)(Sc1ccccc1)[C@H](C)CCC. The molecule has 0 aromatic heterocycles. The third-order valence-electron chi connectivity index (χ3n) is 3.63. The van der Waals surface area contributed by atoms with Crippen LogP contribution in [-0.2, 0) is 0 Å². The van der Waals surface area contributed by atoms with E-state index < -0.39 is 0 Å². The molecule has 19 heavy (non-hydrogen) atoms. The molecule has 0 spiro atoms. The van der Waals surface area contributed by atoms with Crippen LogP contribution in [0.15, 0.2) is 47.9 Å². The number of hydrogen-bond donors (Lipinski definition) is 1. The Bertz CT molecular complexity index is 363. The Hall–Kier alpha value is -0.730. The van der Waals surface area contributed by atoms with Gasteiger partial charge >= 0.3 is 0 Å². The van der Waals surface area contributed by atoms with Crippen LogP contribution in [0.1, 0.15) is 40.0 Å². The van der Waals surface area contributed by atoms with Gasteiger partial charge in [0.2, 0.25) is 0 Å². The summed E-state index contributed by atoms with van der Waals surface area (Å²) in [4.78, 5) is 1.44. The van der Waals surface area contributed by atoms with Crippen LogP contribution in [0.4, 0.5) is 0 Å². The third-order valence-corrected chi connectivity index (χ3v) is 5.34. The van der Waals surface area contributed by atoms with E-state index in [2.05, 4.69) is 63.0 Å². The minimum absolute atomic E-state index is 0.103. The van der Waals surface area contributed by atoms with E-state index in [0.29, 0.717) is 5.92 Å². The lowest BCUT2D eigenvalue weighted by Gasteiger charge is -2.39. The highest BCUT2D eigenvalue weighted by atomic mass is 32.2. The second kappa shape index (κ2) is 8.44. The molecule has 2 heteroatoms. The van der Waals surface area contributed by atoms with Crippen molar-refractivity contribution in [2.24, 2.45) is 5.92 Å². The lowest BCUT2D eigenvalue weighted by molar-refractivity contribution is 0.318. The summed E-state index contributed by atoms with van der Waals surface area (Å²) in [5.74, 6) is 0.632. The molecular formula is C17H27NS. The van der Waals surface area contributed by atoms with Gasteiger partial charge in [0.05, 0.1) is 4.87 Å². The molecule has 0 bridgehead atoms. The topological polar surface area (TPSA) is 12.0 Å². The Morgan fingerprint density at radius 1 is 1.32 bits per heavy atom. The van der Waals surface area contributed by atoms with Crippen LogP contribution >= 0.6 is 11.8 Å². The molecule has 0 amide bonds. The zero-order valence-electron chi connectivity index (χ0n) is 12.5. The summed E-state index contributed by atoms with van der Waals surface area (Å²) < 4.78 is 0. The minimum Gasteiger partial charge on any atom is -0.299 e. The van der Waals surface area contributed by atoms with Gasteiger partial charge in [-0.15, -0.1) is 18.3 Å². The van der Waals surface area contributed by atoms with Crippen molar-refractivity contribution in [2.45, 2.75) is 49.8 Å². The molecule has 1 aromatic carbocycles. The van der Waals surface area contributed by atoms with Gasteiger partial charge in [-0.2, -0.15) is 0 Å². The fourth-order valence-corrected chi connectivity index (χ4v) is 3.80. The number of thioether (sulfide) groups is 1. The van der Waals surface area contributed by atoms with E-state index in [1.165, 1.54) is 17.7 Å². The molecule has 106 valence electrons. The molecule has 0 aliphatic carbocycles. The molecule has 1 unspecified atom stereocenters. The van der Waals surface area contributed by atoms with Crippen LogP contribution in [0.25, 0.3) is 0 Å². The van der Waals surface area contributed by atoms with E-state index in [4.69, 9.17) is 0 Å². The Kier molecular flexibility index (Phi) is 7.25. The molecule has 2 atom stereocenters. The molecule has 0 fully saturated rings. The van der Waals surface area contributed by atoms with Gasteiger partial charge in [0.1, 0.15) is 0 Å². The number of rotatable bonds is 9. The van der Waals surface area contributed by atoms with Gasteiger partial charge in [0.25, 0.3) is 0 Å². The fourth-order valence-electron chi connectivity index (χ4n) is 2.47. The summed E-state index contributed by atoms with van der Waals surface area (Å²) in [6.07, 6.45) is 5.54. The molecule has 0 saturated heterocycles. The van der Waals surface area contributed by atoms with Gasteiger partial charge in [0.15, 0.2) is 0 Å². The van der Waals surface area contributed by atoms with Crippen molar-refractivity contribution < 1.29 is 0 Å². The summed E-state index contributed by atoms with van der Waals surface area (Å²) in [6, 6.07) is 10.7. The van der Waals surface area contributed by atoms with Crippen molar-refractivity contribution >= 4 is 11.8 Å². The smallest absolute Gasteiger partial charge is 0.0717 e.